The minimum atomic E-state index is 0.597. The van der Waals surface area contributed by atoms with E-state index in [4.69, 9.17) is 0 Å². The van der Waals surface area contributed by atoms with E-state index in [9.17, 15) is 0 Å². The fourth-order valence-electron chi connectivity index (χ4n) is 1.42. The van der Waals surface area contributed by atoms with Gasteiger partial charge in [-0.1, -0.05) is 33.3 Å². The van der Waals surface area contributed by atoms with Crippen LogP contribution in [0.15, 0.2) is 18.3 Å². The molecule has 0 saturated carbocycles. The van der Waals surface area contributed by atoms with E-state index in [2.05, 4.69) is 31.8 Å². The maximum atomic E-state index is 4.39. The van der Waals surface area contributed by atoms with Crippen molar-refractivity contribution in [3.8, 4) is 0 Å². The van der Waals surface area contributed by atoms with E-state index in [1.807, 2.05) is 12.3 Å². The van der Waals surface area contributed by atoms with Crippen LogP contribution < -0.4 is 0 Å². The van der Waals surface area contributed by atoms with Crippen LogP contribution in [0, 0.1) is 0 Å². The average Bonchev–Trinajstić information content (AvgIpc) is 2.05. The molecular weight excluding hydrogens is 146 g/mol. The molecule has 66 valence electrons. The van der Waals surface area contributed by atoms with Crippen molar-refractivity contribution in [3.05, 3.63) is 29.6 Å². The Labute approximate surface area is 74.8 Å². The molecule has 1 rings (SSSR count). The molecule has 0 aliphatic heterocycles. The van der Waals surface area contributed by atoms with E-state index in [-0.39, 0.29) is 0 Å². The van der Waals surface area contributed by atoms with E-state index in [1.54, 1.807) is 0 Å². The molecule has 0 bridgehead atoms. The lowest BCUT2D eigenvalue weighted by atomic mass is 9.99. The molecule has 1 aromatic rings. The second kappa shape index (κ2) is 4.24. The van der Waals surface area contributed by atoms with E-state index < -0.39 is 0 Å². The Morgan fingerprint density at radius 3 is 2.75 bits per heavy atom. The van der Waals surface area contributed by atoms with Crippen LogP contribution in [0.2, 0.25) is 0 Å². The van der Waals surface area contributed by atoms with Crippen LogP contribution in [0.25, 0.3) is 0 Å². The largest absolute Gasteiger partial charge is 0.261 e. The Bertz CT molecular complexity index is 241. The maximum Gasteiger partial charge on any atom is 0.0438 e. The Hall–Kier alpha value is -0.850. The van der Waals surface area contributed by atoms with Crippen molar-refractivity contribution in [1.82, 2.24) is 4.98 Å². The summed E-state index contributed by atoms with van der Waals surface area (Å²) in [5.41, 5.74) is 2.68. The molecule has 1 heterocycles. The van der Waals surface area contributed by atoms with Crippen molar-refractivity contribution in [2.24, 2.45) is 0 Å². The number of aromatic nitrogens is 1. The van der Waals surface area contributed by atoms with Crippen LogP contribution in [-0.4, -0.2) is 4.98 Å². The summed E-state index contributed by atoms with van der Waals surface area (Å²) in [5, 5.41) is 0. The summed E-state index contributed by atoms with van der Waals surface area (Å²) in [5.74, 6) is 0.597. The lowest BCUT2D eigenvalue weighted by Crippen LogP contribution is -1.98. The normalized spacial score (nSPS) is 10.7. The lowest BCUT2D eigenvalue weighted by molar-refractivity contribution is 0.794. The monoisotopic (exact) mass is 163 g/mol. The van der Waals surface area contributed by atoms with Crippen LogP contribution in [0.4, 0.5) is 0 Å². The van der Waals surface area contributed by atoms with Gasteiger partial charge in [-0.3, -0.25) is 4.98 Å². The van der Waals surface area contributed by atoms with E-state index in [0.29, 0.717) is 5.92 Å². The molecule has 0 aromatic carbocycles. The Kier molecular flexibility index (Phi) is 3.27. The van der Waals surface area contributed by atoms with E-state index in [0.717, 1.165) is 6.42 Å². The summed E-state index contributed by atoms with van der Waals surface area (Å²) < 4.78 is 0. The molecular formula is C11H17N. The highest BCUT2D eigenvalue weighted by Gasteiger charge is 2.04. The third-order valence-electron chi connectivity index (χ3n) is 2.03. The molecule has 0 unspecified atom stereocenters. The first-order chi connectivity index (χ1) is 5.75. The molecule has 12 heavy (non-hydrogen) atoms. The van der Waals surface area contributed by atoms with Crippen LogP contribution >= 0.6 is 0 Å². The second-order valence-electron chi connectivity index (χ2n) is 3.44. The Morgan fingerprint density at radius 1 is 1.42 bits per heavy atom. The molecule has 0 spiro atoms. The number of aryl methyl sites for hydroxylation is 1. The molecule has 0 fully saturated rings. The van der Waals surface area contributed by atoms with Gasteiger partial charge in [0.15, 0.2) is 0 Å². The van der Waals surface area contributed by atoms with Crippen molar-refractivity contribution < 1.29 is 0 Å². The zero-order valence-electron chi connectivity index (χ0n) is 8.17. The number of hydrogen-bond donors (Lipinski definition) is 0. The van der Waals surface area contributed by atoms with Gasteiger partial charge in [-0.25, -0.2) is 0 Å². The highest BCUT2D eigenvalue weighted by molar-refractivity contribution is 5.23. The molecule has 1 nitrogen and oxygen atoms in total. The zero-order valence-corrected chi connectivity index (χ0v) is 8.17. The minimum Gasteiger partial charge on any atom is -0.261 e. The van der Waals surface area contributed by atoms with Gasteiger partial charge in [0.05, 0.1) is 0 Å². The SMILES string of the molecule is CCCc1ncccc1C(C)C. The fourth-order valence-corrected chi connectivity index (χ4v) is 1.42. The van der Waals surface area contributed by atoms with E-state index in [1.165, 1.54) is 17.7 Å². The minimum absolute atomic E-state index is 0.597. The summed E-state index contributed by atoms with van der Waals surface area (Å²) in [6, 6.07) is 4.21. The predicted molar refractivity (Wildman–Crippen MR) is 52.3 cm³/mol. The molecule has 0 amide bonds. The van der Waals surface area contributed by atoms with Crippen molar-refractivity contribution in [3.63, 3.8) is 0 Å². The lowest BCUT2D eigenvalue weighted by Gasteiger charge is -2.09. The summed E-state index contributed by atoms with van der Waals surface area (Å²) >= 11 is 0. The van der Waals surface area contributed by atoms with Crippen LogP contribution in [0.5, 0.6) is 0 Å². The first-order valence-corrected chi connectivity index (χ1v) is 4.69. The highest BCUT2D eigenvalue weighted by atomic mass is 14.7. The molecule has 0 N–H and O–H groups in total. The summed E-state index contributed by atoms with van der Waals surface area (Å²) in [6.07, 6.45) is 4.17. The van der Waals surface area contributed by atoms with Gasteiger partial charge >= 0.3 is 0 Å². The summed E-state index contributed by atoms with van der Waals surface area (Å²) in [7, 11) is 0. The average molecular weight is 163 g/mol. The third-order valence-corrected chi connectivity index (χ3v) is 2.03. The molecule has 0 radical (unpaired) electrons. The number of nitrogens with zero attached hydrogens (tertiary/aromatic N) is 1. The van der Waals surface area contributed by atoms with Gasteiger partial charge in [-0.15, -0.1) is 0 Å². The van der Waals surface area contributed by atoms with Crippen LogP contribution in [-0.2, 0) is 6.42 Å². The predicted octanol–water partition coefficient (Wildman–Crippen LogP) is 3.16. The molecule has 0 atom stereocenters. The smallest absolute Gasteiger partial charge is 0.0438 e. The molecule has 0 aliphatic rings. The van der Waals surface area contributed by atoms with Gasteiger partial charge in [-0.05, 0) is 24.0 Å². The molecule has 0 aliphatic carbocycles. The Balaban J connectivity index is 2.92. The van der Waals surface area contributed by atoms with Crippen molar-refractivity contribution in [2.45, 2.75) is 39.5 Å². The van der Waals surface area contributed by atoms with E-state index >= 15 is 0 Å². The van der Waals surface area contributed by atoms with Crippen LogP contribution in [0.1, 0.15) is 44.4 Å². The molecule has 1 aromatic heterocycles. The Morgan fingerprint density at radius 2 is 2.17 bits per heavy atom. The highest BCUT2D eigenvalue weighted by Crippen LogP contribution is 2.17. The van der Waals surface area contributed by atoms with Crippen molar-refractivity contribution in [1.29, 1.82) is 0 Å². The molecule has 0 saturated heterocycles. The van der Waals surface area contributed by atoms with Gasteiger partial charge in [0.2, 0.25) is 0 Å². The van der Waals surface area contributed by atoms with Crippen LogP contribution in [0.3, 0.4) is 0 Å². The summed E-state index contributed by atoms with van der Waals surface area (Å²) in [4.78, 5) is 4.39. The van der Waals surface area contributed by atoms with Gasteiger partial charge in [-0.2, -0.15) is 0 Å². The van der Waals surface area contributed by atoms with Gasteiger partial charge in [0.25, 0.3) is 0 Å². The quantitative estimate of drug-likeness (QED) is 0.667. The van der Waals surface area contributed by atoms with Gasteiger partial charge < -0.3 is 0 Å². The summed E-state index contributed by atoms with van der Waals surface area (Å²) in [6.45, 7) is 6.63. The zero-order chi connectivity index (χ0) is 8.97. The van der Waals surface area contributed by atoms with Crippen molar-refractivity contribution in [2.75, 3.05) is 0 Å². The topological polar surface area (TPSA) is 12.9 Å². The molecule has 1 heteroatoms. The number of pyridine rings is 1. The first-order valence-electron chi connectivity index (χ1n) is 4.69. The standard InChI is InChI=1S/C11H17N/c1-4-6-11-10(9(2)3)7-5-8-12-11/h5,7-9H,4,6H2,1-3H3. The fraction of sp³-hybridized carbons (Fsp3) is 0.545. The van der Waals surface area contributed by atoms with Gasteiger partial charge in [0.1, 0.15) is 0 Å². The first kappa shape index (κ1) is 9.24. The third kappa shape index (κ3) is 2.07. The second-order valence-corrected chi connectivity index (χ2v) is 3.44. The van der Waals surface area contributed by atoms with Crippen molar-refractivity contribution >= 4 is 0 Å². The number of rotatable bonds is 3. The maximum absolute atomic E-state index is 4.39. The van der Waals surface area contributed by atoms with Gasteiger partial charge in [0, 0.05) is 11.9 Å². The number of hydrogen-bond acceptors (Lipinski definition) is 1.